The summed E-state index contributed by atoms with van der Waals surface area (Å²) in [5.41, 5.74) is 0.173. The molecule has 0 saturated carbocycles. The van der Waals surface area contributed by atoms with Gasteiger partial charge in [-0.15, -0.1) is 6.42 Å². The molecule has 0 N–H and O–H groups in total. The number of benzene rings is 1. The minimum atomic E-state index is -0.716. The van der Waals surface area contributed by atoms with Crippen LogP contribution < -0.4 is 4.80 Å². The summed E-state index contributed by atoms with van der Waals surface area (Å²) in [5, 5.41) is 0. The van der Waals surface area contributed by atoms with Crippen molar-refractivity contribution in [2.75, 3.05) is 0 Å². The summed E-state index contributed by atoms with van der Waals surface area (Å²) in [6.45, 7) is 1.74. The number of hydrogen-bond donors (Lipinski definition) is 0. The number of nitrogens with zero attached hydrogens (tertiary/aromatic N) is 2. The zero-order valence-electron chi connectivity index (χ0n) is 10.1. The zero-order valence-corrected chi connectivity index (χ0v) is 10.9. The van der Waals surface area contributed by atoms with Gasteiger partial charge >= 0.3 is 0 Å². The molecule has 3 nitrogen and oxygen atoms in total. The molecule has 0 aliphatic heterocycles. The van der Waals surface area contributed by atoms with Crippen molar-refractivity contribution in [3.05, 3.63) is 28.6 Å². The molecule has 0 saturated heterocycles. The summed E-state index contributed by atoms with van der Waals surface area (Å²) in [5.74, 6) is 0.649. The molecule has 1 heterocycles. The quantitative estimate of drug-likeness (QED) is 0.778. The van der Waals surface area contributed by atoms with Crippen LogP contribution in [0.25, 0.3) is 10.2 Å². The fourth-order valence-electron chi connectivity index (χ4n) is 1.64. The van der Waals surface area contributed by atoms with E-state index < -0.39 is 11.6 Å². The van der Waals surface area contributed by atoms with Crippen molar-refractivity contribution in [2.24, 2.45) is 4.99 Å². The monoisotopic (exact) mass is 280 g/mol. The fraction of sp³-hybridized carbons (Fsp3) is 0.231. The zero-order chi connectivity index (χ0) is 14.0. The van der Waals surface area contributed by atoms with Gasteiger partial charge in [0.15, 0.2) is 10.6 Å². The van der Waals surface area contributed by atoms with Gasteiger partial charge in [-0.3, -0.25) is 4.79 Å². The summed E-state index contributed by atoms with van der Waals surface area (Å²) in [4.78, 5) is 15.5. The lowest BCUT2D eigenvalue weighted by molar-refractivity contribution is -0.117. The first-order valence-electron chi connectivity index (χ1n) is 5.56. The Bertz CT molecular complexity index is 752. The van der Waals surface area contributed by atoms with Gasteiger partial charge in [0.2, 0.25) is 5.91 Å². The molecule has 1 aromatic heterocycles. The second kappa shape index (κ2) is 5.33. The molecule has 0 aliphatic carbocycles. The highest BCUT2D eigenvalue weighted by Gasteiger charge is 2.12. The first-order chi connectivity index (χ1) is 9.06. The van der Waals surface area contributed by atoms with Gasteiger partial charge in [-0.2, -0.15) is 4.99 Å². The fourth-order valence-corrected chi connectivity index (χ4v) is 2.72. The third kappa shape index (κ3) is 2.56. The molecular weight excluding hydrogens is 270 g/mol. The van der Waals surface area contributed by atoms with E-state index in [1.165, 1.54) is 10.6 Å². The number of amides is 1. The number of carbonyl (C=O) groups excluding carboxylic acids is 1. The van der Waals surface area contributed by atoms with Crippen molar-refractivity contribution in [1.29, 1.82) is 0 Å². The van der Waals surface area contributed by atoms with Crippen molar-refractivity contribution in [1.82, 2.24) is 4.57 Å². The number of hydrogen-bond acceptors (Lipinski definition) is 2. The number of thiazole rings is 1. The van der Waals surface area contributed by atoms with Gasteiger partial charge in [0.1, 0.15) is 5.82 Å². The van der Waals surface area contributed by atoms with E-state index in [0.29, 0.717) is 4.70 Å². The van der Waals surface area contributed by atoms with E-state index in [-0.39, 0.29) is 29.2 Å². The van der Waals surface area contributed by atoms with E-state index in [2.05, 4.69) is 10.9 Å². The number of aromatic nitrogens is 1. The number of terminal acetylenes is 1. The first-order valence-corrected chi connectivity index (χ1v) is 6.38. The average molecular weight is 280 g/mol. The molecule has 0 spiro atoms. The third-order valence-electron chi connectivity index (χ3n) is 2.47. The van der Waals surface area contributed by atoms with Crippen LogP contribution in [0, 0.1) is 24.0 Å². The molecule has 19 heavy (non-hydrogen) atoms. The van der Waals surface area contributed by atoms with Crippen LogP contribution in [-0.4, -0.2) is 10.5 Å². The van der Waals surface area contributed by atoms with Gasteiger partial charge in [-0.1, -0.05) is 24.2 Å². The van der Waals surface area contributed by atoms with Gasteiger partial charge in [0.25, 0.3) is 0 Å². The second-order valence-corrected chi connectivity index (χ2v) is 4.78. The van der Waals surface area contributed by atoms with Gasteiger partial charge in [0, 0.05) is 12.5 Å². The highest BCUT2D eigenvalue weighted by molar-refractivity contribution is 7.16. The van der Waals surface area contributed by atoms with Crippen LogP contribution in [0.4, 0.5) is 8.78 Å². The van der Waals surface area contributed by atoms with Gasteiger partial charge < -0.3 is 4.57 Å². The first kappa shape index (κ1) is 13.4. The summed E-state index contributed by atoms with van der Waals surface area (Å²) < 4.78 is 28.8. The summed E-state index contributed by atoms with van der Waals surface area (Å²) in [6.07, 6.45) is 5.47. The second-order valence-electron chi connectivity index (χ2n) is 3.77. The Hall–Kier alpha value is -2.00. The number of fused-ring (bicyclic) bond motifs is 1. The largest absolute Gasteiger partial charge is 0.302 e. The Kier molecular flexibility index (Phi) is 3.76. The molecule has 0 radical (unpaired) electrons. The Balaban J connectivity index is 2.82. The standard InChI is InChI=1S/C13H10F2N2OS/c1-3-5-17-12-9(15)6-8(14)7-10(12)19-13(17)16-11(18)4-2/h1,6-7H,4-5H2,2H3. The van der Waals surface area contributed by atoms with E-state index >= 15 is 0 Å². The van der Waals surface area contributed by atoms with Crippen LogP contribution in [0.5, 0.6) is 0 Å². The number of halogens is 2. The topological polar surface area (TPSA) is 34.4 Å². The van der Waals surface area contributed by atoms with E-state index in [1.807, 2.05) is 0 Å². The van der Waals surface area contributed by atoms with Crippen LogP contribution in [0.1, 0.15) is 13.3 Å². The van der Waals surface area contributed by atoms with Gasteiger partial charge in [0.05, 0.1) is 16.8 Å². The van der Waals surface area contributed by atoms with E-state index in [0.717, 1.165) is 17.4 Å². The molecule has 1 amide bonds. The SMILES string of the molecule is C#CCn1c(=NC(=O)CC)sc2cc(F)cc(F)c21. The molecule has 2 rings (SSSR count). The number of carbonyl (C=O) groups is 1. The Morgan fingerprint density at radius 3 is 2.89 bits per heavy atom. The predicted octanol–water partition coefficient (Wildman–Crippen LogP) is 2.45. The molecular formula is C13H10F2N2OS. The maximum atomic E-state index is 13.8. The minimum absolute atomic E-state index is 0.0678. The molecule has 0 aliphatic rings. The molecule has 2 aromatic rings. The Morgan fingerprint density at radius 1 is 1.53 bits per heavy atom. The molecule has 98 valence electrons. The lowest BCUT2D eigenvalue weighted by Crippen LogP contribution is -2.16. The molecule has 0 fully saturated rings. The smallest absolute Gasteiger partial charge is 0.248 e. The maximum Gasteiger partial charge on any atom is 0.248 e. The van der Waals surface area contributed by atoms with Crippen molar-refractivity contribution in [3.8, 4) is 12.3 Å². The average Bonchev–Trinajstić information content (AvgIpc) is 2.67. The van der Waals surface area contributed by atoms with Crippen LogP contribution >= 0.6 is 11.3 Å². The summed E-state index contributed by atoms with van der Waals surface area (Å²) in [6, 6.07) is 1.99. The van der Waals surface area contributed by atoms with Crippen LogP contribution in [-0.2, 0) is 11.3 Å². The van der Waals surface area contributed by atoms with Crippen LogP contribution in [0.3, 0.4) is 0 Å². The van der Waals surface area contributed by atoms with Crippen molar-refractivity contribution >= 4 is 27.5 Å². The summed E-state index contributed by atoms with van der Waals surface area (Å²) in [7, 11) is 0. The highest BCUT2D eigenvalue weighted by atomic mass is 32.1. The van der Waals surface area contributed by atoms with E-state index in [4.69, 9.17) is 6.42 Å². The summed E-state index contributed by atoms with van der Waals surface area (Å²) >= 11 is 1.04. The van der Waals surface area contributed by atoms with Crippen LogP contribution in [0.15, 0.2) is 17.1 Å². The molecule has 6 heteroatoms. The molecule has 0 atom stereocenters. The van der Waals surface area contributed by atoms with Gasteiger partial charge in [-0.25, -0.2) is 8.78 Å². The Morgan fingerprint density at radius 2 is 2.26 bits per heavy atom. The predicted molar refractivity (Wildman–Crippen MR) is 69.4 cm³/mol. The third-order valence-corrected chi connectivity index (χ3v) is 3.49. The maximum absolute atomic E-state index is 13.8. The van der Waals surface area contributed by atoms with E-state index in [9.17, 15) is 13.6 Å². The van der Waals surface area contributed by atoms with Crippen molar-refractivity contribution in [3.63, 3.8) is 0 Å². The van der Waals surface area contributed by atoms with Crippen molar-refractivity contribution in [2.45, 2.75) is 19.9 Å². The Labute approximate surface area is 112 Å². The van der Waals surface area contributed by atoms with Crippen molar-refractivity contribution < 1.29 is 13.6 Å². The van der Waals surface area contributed by atoms with Gasteiger partial charge in [-0.05, 0) is 6.07 Å². The molecule has 0 unspecified atom stereocenters. The lowest BCUT2D eigenvalue weighted by atomic mass is 10.3. The minimum Gasteiger partial charge on any atom is -0.302 e. The number of rotatable bonds is 2. The normalized spacial score (nSPS) is 11.8. The van der Waals surface area contributed by atoms with E-state index in [1.54, 1.807) is 6.92 Å². The lowest BCUT2D eigenvalue weighted by Gasteiger charge is -2.00. The highest BCUT2D eigenvalue weighted by Crippen LogP contribution is 2.22. The molecule has 0 bridgehead atoms. The van der Waals surface area contributed by atoms with Crippen LogP contribution in [0.2, 0.25) is 0 Å². The molecule has 1 aromatic carbocycles.